The molecule has 1 atom stereocenters. The summed E-state index contributed by atoms with van der Waals surface area (Å²) in [6.45, 7) is 0.469. The van der Waals surface area contributed by atoms with Crippen molar-refractivity contribution in [2.24, 2.45) is 4.40 Å². The minimum atomic E-state index is -4.42. The van der Waals surface area contributed by atoms with Crippen molar-refractivity contribution in [3.8, 4) is 5.75 Å². The molecule has 1 aromatic rings. The Bertz CT molecular complexity index is 702. The molecule has 0 N–H and O–H groups in total. The van der Waals surface area contributed by atoms with Crippen molar-refractivity contribution in [3.63, 3.8) is 0 Å². The Labute approximate surface area is 120 Å². The molecule has 9 heteroatoms. The van der Waals surface area contributed by atoms with E-state index in [1.54, 1.807) is 0 Å². The second-order valence-electron chi connectivity index (χ2n) is 3.99. The number of esters is 1. The summed E-state index contributed by atoms with van der Waals surface area (Å²) < 4.78 is 41.5. The van der Waals surface area contributed by atoms with Crippen molar-refractivity contribution in [2.75, 3.05) is 13.7 Å². The Morgan fingerprint density at radius 1 is 1.48 bits per heavy atom. The van der Waals surface area contributed by atoms with Gasteiger partial charge in [0, 0.05) is 6.42 Å². The number of rotatable bonds is 5. The van der Waals surface area contributed by atoms with Gasteiger partial charge in [0.25, 0.3) is 16.1 Å². The highest BCUT2D eigenvalue weighted by molar-refractivity contribution is 7.90. The van der Waals surface area contributed by atoms with E-state index < -0.39 is 27.2 Å². The fourth-order valence-corrected chi connectivity index (χ4v) is 2.71. The number of carbonyl (C=O) groups is 1. The van der Waals surface area contributed by atoms with E-state index in [1.807, 2.05) is 0 Å². The minimum Gasteiger partial charge on any atom is -0.495 e. The SMILES string of the molecule is COc1cccc(C(=O)OC2CCO2)c1S(=O)(=O)N=C=O. The van der Waals surface area contributed by atoms with E-state index in [1.165, 1.54) is 25.3 Å². The van der Waals surface area contributed by atoms with Gasteiger partial charge in [0.2, 0.25) is 6.29 Å². The van der Waals surface area contributed by atoms with E-state index in [0.717, 1.165) is 6.08 Å². The Balaban J connectivity index is 2.49. The summed E-state index contributed by atoms with van der Waals surface area (Å²) in [4.78, 5) is 21.7. The molecule has 1 heterocycles. The van der Waals surface area contributed by atoms with Gasteiger partial charge in [-0.25, -0.2) is 9.59 Å². The summed E-state index contributed by atoms with van der Waals surface area (Å²) in [6.07, 6.45) is 0.774. The number of methoxy groups -OCH3 is 1. The summed E-state index contributed by atoms with van der Waals surface area (Å²) in [7, 11) is -3.19. The predicted molar refractivity (Wildman–Crippen MR) is 68.1 cm³/mol. The van der Waals surface area contributed by atoms with Crippen molar-refractivity contribution < 1.29 is 32.2 Å². The van der Waals surface area contributed by atoms with Crippen molar-refractivity contribution in [1.29, 1.82) is 0 Å². The largest absolute Gasteiger partial charge is 0.495 e. The van der Waals surface area contributed by atoms with Gasteiger partial charge in [-0.1, -0.05) is 10.5 Å². The van der Waals surface area contributed by atoms with Crippen LogP contribution in [0.1, 0.15) is 16.8 Å². The number of hydrogen-bond donors (Lipinski definition) is 0. The number of sulfonamides is 1. The van der Waals surface area contributed by atoms with E-state index in [-0.39, 0.29) is 11.3 Å². The molecule has 0 radical (unpaired) electrons. The summed E-state index contributed by atoms with van der Waals surface area (Å²) >= 11 is 0. The van der Waals surface area contributed by atoms with Crippen LogP contribution in [0.2, 0.25) is 0 Å². The van der Waals surface area contributed by atoms with Gasteiger partial charge < -0.3 is 14.2 Å². The number of ether oxygens (including phenoxy) is 3. The van der Waals surface area contributed by atoms with Crippen LogP contribution in [0, 0.1) is 0 Å². The first-order valence-corrected chi connectivity index (χ1v) is 7.27. The second-order valence-corrected chi connectivity index (χ2v) is 5.53. The van der Waals surface area contributed by atoms with Crippen LogP contribution in [0.4, 0.5) is 0 Å². The smallest absolute Gasteiger partial charge is 0.341 e. The van der Waals surface area contributed by atoms with Gasteiger partial charge in [-0.3, -0.25) is 0 Å². The van der Waals surface area contributed by atoms with E-state index >= 15 is 0 Å². The maximum Gasteiger partial charge on any atom is 0.341 e. The van der Waals surface area contributed by atoms with Crippen molar-refractivity contribution in [3.05, 3.63) is 23.8 Å². The van der Waals surface area contributed by atoms with Crippen LogP contribution in [0.5, 0.6) is 5.75 Å². The molecule has 0 bridgehead atoms. The van der Waals surface area contributed by atoms with Gasteiger partial charge in [-0.2, -0.15) is 8.42 Å². The molecule has 0 saturated carbocycles. The van der Waals surface area contributed by atoms with E-state index in [9.17, 15) is 18.0 Å². The fourth-order valence-electron chi connectivity index (χ4n) is 1.69. The van der Waals surface area contributed by atoms with Crippen LogP contribution in [-0.2, 0) is 24.3 Å². The lowest BCUT2D eigenvalue weighted by molar-refractivity contribution is -0.184. The Morgan fingerprint density at radius 3 is 2.71 bits per heavy atom. The van der Waals surface area contributed by atoms with Crippen LogP contribution in [0.25, 0.3) is 0 Å². The van der Waals surface area contributed by atoms with Gasteiger partial charge >= 0.3 is 5.97 Å². The summed E-state index contributed by atoms with van der Waals surface area (Å²) in [6, 6.07) is 3.97. The lowest BCUT2D eigenvalue weighted by Gasteiger charge is -2.26. The zero-order valence-corrected chi connectivity index (χ0v) is 11.8. The molecule has 0 spiro atoms. The third-order valence-corrected chi connectivity index (χ3v) is 3.98. The maximum atomic E-state index is 12.0. The predicted octanol–water partition coefficient (Wildman–Crippen LogP) is 0.623. The molecule has 1 fully saturated rings. The molecule has 1 saturated heterocycles. The highest BCUT2D eigenvalue weighted by atomic mass is 32.2. The molecule has 21 heavy (non-hydrogen) atoms. The second kappa shape index (κ2) is 6.04. The van der Waals surface area contributed by atoms with Crippen LogP contribution in [0.15, 0.2) is 27.5 Å². The lowest BCUT2D eigenvalue weighted by Crippen LogP contribution is -2.32. The van der Waals surface area contributed by atoms with Gasteiger partial charge in [-0.05, 0) is 12.1 Å². The monoisotopic (exact) mass is 313 g/mol. The summed E-state index contributed by atoms with van der Waals surface area (Å²) in [5.41, 5.74) is -0.288. The molecule has 8 nitrogen and oxygen atoms in total. The van der Waals surface area contributed by atoms with Gasteiger partial charge in [0.15, 0.2) is 0 Å². The third kappa shape index (κ3) is 3.10. The number of isocyanates is 1. The van der Waals surface area contributed by atoms with Gasteiger partial charge in [0.1, 0.15) is 10.6 Å². The standard InChI is InChI=1S/C12H11NO7S/c1-18-9-4-2-3-8(11(9)21(16,17)13-7-14)12(15)20-10-5-6-19-10/h2-4,10H,5-6H2,1H3. The number of nitrogens with zero attached hydrogens (tertiary/aromatic N) is 1. The Hall–Kier alpha value is -2.22. The number of carbonyl (C=O) groups excluding carboxylic acids is 2. The summed E-state index contributed by atoms with van der Waals surface area (Å²) in [5.74, 6) is -1.03. The first-order valence-electron chi connectivity index (χ1n) is 5.83. The van der Waals surface area contributed by atoms with Gasteiger partial charge in [-0.15, -0.1) is 0 Å². The molecular formula is C12H11NO7S. The average molecular weight is 313 g/mol. The topological polar surface area (TPSA) is 108 Å². The Morgan fingerprint density at radius 2 is 2.19 bits per heavy atom. The number of hydrogen-bond acceptors (Lipinski definition) is 7. The van der Waals surface area contributed by atoms with Gasteiger partial charge in [0.05, 0.1) is 19.3 Å². The van der Waals surface area contributed by atoms with Crippen molar-refractivity contribution in [2.45, 2.75) is 17.6 Å². The zero-order valence-electron chi connectivity index (χ0n) is 10.9. The molecule has 0 aromatic heterocycles. The first kappa shape index (κ1) is 15.2. The molecule has 1 aliphatic rings. The molecule has 0 aliphatic carbocycles. The molecule has 1 unspecified atom stereocenters. The highest BCUT2D eigenvalue weighted by Gasteiger charge is 2.30. The van der Waals surface area contributed by atoms with Crippen molar-refractivity contribution in [1.82, 2.24) is 0 Å². The molecule has 1 aromatic carbocycles. The quantitative estimate of drug-likeness (QED) is 0.445. The van der Waals surface area contributed by atoms with E-state index in [0.29, 0.717) is 13.0 Å². The normalized spacial score (nSPS) is 17.3. The first-order chi connectivity index (χ1) is 9.99. The summed E-state index contributed by atoms with van der Waals surface area (Å²) in [5, 5.41) is 0. The van der Waals surface area contributed by atoms with Crippen molar-refractivity contribution >= 4 is 22.1 Å². The van der Waals surface area contributed by atoms with E-state index in [2.05, 4.69) is 4.40 Å². The average Bonchev–Trinajstić information content (AvgIpc) is 2.41. The molecule has 0 amide bonds. The minimum absolute atomic E-state index is 0.127. The third-order valence-electron chi connectivity index (χ3n) is 2.73. The fraction of sp³-hybridized carbons (Fsp3) is 0.333. The zero-order chi connectivity index (χ0) is 15.5. The van der Waals surface area contributed by atoms with Crippen LogP contribution in [0.3, 0.4) is 0 Å². The number of benzene rings is 1. The van der Waals surface area contributed by atoms with E-state index in [4.69, 9.17) is 14.2 Å². The van der Waals surface area contributed by atoms with Crippen LogP contribution < -0.4 is 4.74 Å². The van der Waals surface area contributed by atoms with Crippen LogP contribution >= 0.6 is 0 Å². The molecule has 112 valence electrons. The highest BCUT2D eigenvalue weighted by Crippen LogP contribution is 2.30. The molecule has 1 aliphatic heterocycles. The van der Waals surface area contributed by atoms with Crippen LogP contribution in [-0.4, -0.2) is 40.5 Å². The molecule has 2 rings (SSSR count). The maximum absolute atomic E-state index is 12.0. The molecular weight excluding hydrogens is 302 g/mol. The Kier molecular flexibility index (Phi) is 4.37. The lowest BCUT2D eigenvalue weighted by atomic mass is 10.2.